The van der Waals surface area contributed by atoms with E-state index < -0.39 is 0 Å². The second-order valence-electron chi connectivity index (χ2n) is 7.25. The number of rotatable bonds is 6. The Bertz CT molecular complexity index is 588. The first kappa shape index (κ1) is 19.8. The topological polar surface area (TPSA) is 58.2 Å². The molecule has 2 rings (SSSR count). The quantitative estimate of drug-likeness (QED) is 0.804. The largest absolute Gasteiger partial charge is 0.352 e. The molecule has 0 bridgehead atoms. The van der Waals surface area contributed by atoms with Crippen molar-refractivity contribution in [3.05, 3.63) is 29.8 Å². The van der Waals surface area contributed by atoms with E-state index in [2.05, 4.69) is 24.5 Å². The molecule has 1 aromatic rings. The maximum Gasteiger partial charge on any atom is 0.234 e. The molecule has 0 radical (unpaired) electrons. The molecule has 0 aromatic heterocycles. The highest BCUT2D eigenvalue weighted by Crippen LogP contribution is 2.29. The van der Waals surface area contributed by atoms with Gasteiger partial charge in [0.2, 0.25) is 11.8 Å². The Balaban J connectivity index is 1.75. The second kappa shape index (κ2) is 9.27. The molecule has 1 aliphatic rings. The van der Waals surface area contributed by atoms with Crippen molar-refractivity contribution >= 4 is 29.3 Å². The highest BCUT2D eigenvalue weighted by molar-refractivity contribution is 8.01. The lowest BCUT2D eigenvalue weighted by Crippen LogP contribution is -2.46. The molecule has 0 spiro atoms. The standard InChI is InChI=1S/C20H30N2O2S/c1-13-8-10-17(11-9-13)21-19(23)12-25-16(4)20(24)22-18-7-5-6-14(2)15(18)3/h8-11,14-16,18H,5-7,12H2,1-4H3,(H,21,23)(H,22,24). The van der Waals surface area contributed by atoms with Crippen molar-refractivity contribution in [2.24, 2.45) is 11.8 Å². The minimum atomic E-state index is -0.229. The Kier molecular flexibility index (Phi) is 7.36. The van der Waals surface area contributed by atoms with E-state index in [1.54, 1.807) is 0 Å². The summed E-state index contributed by atoms with van der Waals surface area (Å²) in [4.78, 5) is 24.5. The van der Waals surface area contributed by atoms with Gasteiger partial charge in [-0.25, -0.2) is 0 Å². The maximum absolute atomic E-state index is 12.4. The molecule has 1 aliphatic carbocycles. The van der Waals surface area contributed by atoms with E-state index in [0.717, 1.165) is 17.7 Å². The van der Waals surface area contributed by atoms with E-state index >= 15 is 0 Å². The third-order valence-electron chi connectivity index (χ3n) is 5.20. The van der Waals surface area contributed by atoms with Crippen LogP contribution in [-0.2, 0) is 9.59 Å². The highest BCUT2D eigenvalue weighted by atomic mass is 32.2. The van der Waals surface area contributed by atoms with Crippen LogP contribution in [0.5, 0.6) is 0 Å². The number of thioether (sulfide) groups is 1. The van der Waals surface area contributed by atoms with Crippen LogP contribution in [0, 0.1) is 18.8 Å². The van der Waals surface area contributed by atoms with Gasteiger partial charge in [-0.1, -0.05) is 44.4 Å². The Morgan fingerprint density at radius 3 is 2.56 bits per heavy atom. The number of amides is 2. The van der Waals surface area contributed by atoms with Crippen LogP contribution in [0.2, 0.25) is 0 Å². The van der Waals surface area contributed by atoms with E-state index in [9.17, 15) is 9.59 Å². The lowest BCUT2D eigenvalue weighted by molar-refractivity contribution is -0.121. The number of benzene rings is 1. The number of nitrogens with one attached hydrogen (secondary N) is 2. The molecular formula is C20H30N2O2S. The summed E-state index contributed by atoms with van der Waals surface area (Å²) < 4.78 is 0. The summed E-state index contributed by atoms with van der Waals surface area (Å²) in [5, 5.41) is 5.82. The molecular weight excluding hydrogens is 332 g/mol. The van der Waals surface area contributed by atoms with Gasteiger partial charge < -0.3 is 10.6 Å². The van der Waals surface area contributed by atoms with Gasteiger partial charge in [0.25, 0.3) is 0 Å². The smallest absolute Gasteiger partial charge is 0.234 e. The van der Waals surface area contributed by atoms with Crippen LogP contribution < -0.4 is 10.6 Å². The van der Waals surface area contributed by atoms with E-state index in [0.29, 0.717) is 11.8 Å². The summed E-state index contributed by atoms with van der Waals surface area (Å²) in [5.41, 5.74) is 1.95. The first-order valence-corrected chi connectivity index (χ1v) is 10.2. The maximum atomic E-state index is 12.4. The molecule has 25 heavy (non-hydrogen) atoms. The lowest BCUT2D eigenvalue weighted by atomic mass is 9.78. The third kappa shape index (κ3) is 6.07. The Hall–Kier alpha value is -1.49. The number of hydrogen-bond acceptors (Lipinski definition) is 3. The fourth-order valence-electron chi connectivity index (χ4n) is 3.20. The van der Waals surface area contributed by atoms with Gasteiger partial charge in [-0.3, -0.25) is 9.59 Å². The van der Waals surface area contributed by atoms with E-state index in [1.165, 1.54) is 24.6 Å². The molecule has 5 heteroatoms. The molecule has 1 fully saturated rings. The monoisotopic (exact) mass is 362 g/mol. The van der Waals surface area contributed by atoms with Crippen molar-refractivity contribution in [3.63, 3.8) is 0 Å². The predicted molar refractivity (Wildman–Crippen MR) is 106 cm³/mol. The highest BCUT2D eigenvalue weighted by Gasteiger charge is 2.29. The zero-order valence-corrected chi connectivity index (χ0v) is 16.5. The summed E-state index contributed by atoms with van der Waals surface area (Å²) in [6.45, 7) is 8.36. The third-order valence-corrected chi connectivity index (χ3v) is 6.35. The molecule has 1 saturated carbocycles. The van der Waals surface area contributed by atoms with Gasteiger partial charge in [-0.05, 0) is 44.2 Å². The van der Waals surface area contributed by atoms with Crippen molar-refractivity contribution in [2.75, 3.05) is 11.1 Å². The van der Waals surface area contributed by atoms with Crippen molar-refractivity contribution in [3.8, 4) is 0 Å². The second-order valence-corrected chi connectivity index (χ2v) is 8.58. The zero-order valence-electron chi connectivity index (χ0n) is 15.7. The van der Waals surface area contributed by atoms with Gasteiger partial charge >= 0.3 is 0 Å². The van der Waals surface area contributed by atoms with Gasteiger partial charge in [0.1, 0.15) is 0 Å². The summed E-state index contributed by atoms with van der Waals surface area (Å²) in [7, 11) is 0. The number of carbonyl (C=O) groups is 2. The van der Waals surface area contributed by atoms with Gasteiger partial charge in [-0.2, -0.15) is 0 Å². The molecule has 4 atom stereocenters. The fourth-order valence-corrected chi connectivity index (χ4v) is 3.89. The minimum absolute atomic E-state index is 0.0408. The molecule has 0 saturated heterocycles. The van der Waals surface area contributed by atoms with Crippen LogP contribution in [0.25, 0.3) is 0 Å². The Labute approximate surface area is 155 Å². The molecule has 2 N–H and O–H groups in total. The van der Waals surface area contributed by atoms with Gasteiger partial charge in [-0.15, -0.1) is 11.8 Å². The molecule has 0 heterocycles. The molecule has 0 aliphatic heterocycles. The normalized spacial score (nSPS) is 24.4. The molecule has 2 amide bonds. The van der Waals surface area contributed by atoms with Gasteiger partial charge in [0.05, 0.1) is 11.0 Å². The average molecular weight is 363 g/mol. The van der Waals surface area contributed by atoms with Crippen molar-refractivity contribution in [1.82, 2.24) is 5.32 Å². The molecule has 4 unspecified atom stereocenters. The van der Waals surface area contributed by atoms with Crippen molar-refractivity contribution < 1.29 is 9.59 Å². The van der Waals surface area contributed by atoms with Crippen molar-refractivity contribution in [2.45, 2.75) is 58.2 Å². The van der Waals surface area contributed by atoms with Crippen LogP contribution in [0.15, 0.2) is 24.3 Å². The average Bonchev–Trinajstić information content (AvgIpc) is 2.58. The number of anilines is 1. The van der Waals surface area contributed by atoms with Gasteiger partial charge in [0, 0.05) is 11.7 Å². The first-order valence-electron chi connectivity index (χ1n) is 9.15. The zero-order chi connectivity index (χ0) is 18.4. The Morgan fingerprint density at radius 1 is 1.20 bits per heavy atom. The van der Waals surface area contributed by atoms with Crippen LogP contribution in [0.3, 0.4) is 0 Å². The number of aryl methyl sites for hydroxylation is 1. The SMILES string of the molecule is Cc1ccc(NC(=O)CSC(C)C(=O)NC2CCCC(C)C2C)cc1. The number of hydrogen-bond donors (Lipinski definition) is 2. The van der Waals surface area contributed by atoms with E-state index in [1.807, 2.05) is 38.1 Å². The molecule has 1 aromatic carbocycles. The van der Waals surface area contributed by atoms with Crippen LogP contribution in [0.1, 0.15) is 45.6 Å². The van der Waals surface area contributed by atoms with E-state index in [-0.39, 0.29) is 28.9 Å². The van der Waals surface area contributed by atoms with E-state index in [4.69, 9.17) is 0 Å². The predicted octanol–water partition coefficient (Wildman–Crippen LogP) is 4.00. The van der Waals surface area contributed by atoms with Crippen LogP contribution in [0.4, 0.5) is 5.69 Å². The van der Waals surface area contributed by atoms with Crippen molar-refractivity contribution in [1.29, 1.82) is 0 Å². The summed E-state index contributed by atoms with van der Waals surface area (Å²) in [6.07, 6.45) is 3.48. The van der Waals surface area contributed by atoms with Crippen LogP contribution >= 0.6 is 11.8 Å². The summed E-state index contributed by atoms with van der Waals surface area (Å²) >= 11 is 1.38. The Morgan fingerprint density at radius 2 is 1.88 bits per heavy atom. The lowest BCUT2D eigenvalue weighted by Gasteiger charge is -2.35. The minimum Gasteiger partial charge on any atom is -0.352 e. The molecule has 138 valence electrons. The number of carbonyl (C=O) groups excluding carboxylic acids is 2. The van der Waals surface area contributed by atoms with Crippen LogP contribution in [-0.4, -0.2) is 28.9 Å². The first-order chi connectivity index (χ1) is 11.9. The molecule has 4 nitrogen and oxygen atoms in total. The summed E-state index contributed by atoms with van der Waals surface area (Å²) in [6, 6.07) is 7.97. The summed E-state index contributed by atoms with van der Waals surface area (Å²) in [5.74, 6) is 1.41. The fraction of sp³-hybridized carbons (Fsp3) is 0.600. The van der Waals surface area contributed by atoms with Gasteiger partial charge in [0.15, 0.2) is 0 Å².